The van der Waals surface area contributed by atoms with Crippen molar-refractivity contribution in [3.8, 4) is 11.1 Å². The Kier molecular flexibility index (Phi) is 4.97. The van der Waals surface area contributed by atoms with Gasteiger partial charge in [-0.15, -0.1) is 0 Å². The van der Waals surface area contributed by atoms with E-state index in [9.17, 15) is 0 Å². The van der Waals surface area contributed by atoms with Gasteiger partial charge in [0.05, 0.1) is 0 Å². The van der Waals surface area contributed by atoms with E-state index < -0.39 is 0 Å². The topological polar surface area (TPSA) is 13.1 Å². The Bertz CT molecular complexity index is 1990. The Morgan fingerprint density at radius 2 is 1.24 bits per heavy atom. The predicted octanol–water partition coefficient (Wildman–Crippen LogP) is 10.7. The summed E-state index contributed by atoms with van der Waals surface area (Å²) in [6.45, 7) is 4.27. The summed E-state index contributed by atoms with van der Waals surface area (Å²) in [5.74, 6) is 0. The molecule has 0 N–H and O–H groups in total. The van der Waals surface area contributed by atoms with Crippen LogP contribution in [0.3, 0.4) is 0 Å². The van der Waals surface area contributed by atoms with Crippen LogP contribution < -0.4 is 0 Å². The van der Waals surface area contributed by atoms with Gasteiger partial charge >= 0.3 is 0 Å². The molecule has 0 aliphatic heterocycles. The van der Waals surface area contributed by atoms with Crippen molar-refractivity contribution in [2.45, 2.75) is 13.8 Å². The molecule has 0 amide bonds. The predicted molar refractivity (Wildman–Crippen MR) is 160 cm³/mol. The first-order valence-corrected chi connectivity index (χ1v) is 12.8. The van der Waals surface area contributed by atoms with Crippen molar-refractivity contribution in [2.24, 2.45) is 0 Å². The van der Waals surface area contributed by atoms with Crippen LogP contribution in [0, 0.1) is 0 Å². The molecule has 0 saturated heterocycles. The van der Waals surface area contributed by atoms with Crippen LogP contribution in [0.1, 0.15) is 19.4 Å². The van der Waals surface area contributed by atoms with Gasteiger partial charge in [0, 0.05) is 10.8 Å². The van der Waals surface area contributed by atoms with Gasteiger partial charge in [-0.05, 0) is 86.6 Å². The number of fused-ring (bicyclic) bond motifs is 7. The molecule has 7 rings (SSSR count). The summed E-state index contributed by atoms with van der Waals surface area (Å²) in [5.41, 5.74) is 6.89. The zero-order valence-corrected chi connectivity index (χ0v) is 21.0. The van der Waals surface area contributed by atoms with E-state index in [-0.39, 0.29) is 0 Å². The minimum atomic E-state index is 0.922. The van der Waals surface area contributed by atoms with Gasteiger partial charge in [-0.25, -0.2) is 0 Å². The zero-order valence-electron chi connectivity index (χ0n) is 21.0. The molecule has 0 saturated carbocycles. The summed E-state index contributed by atoms with van der Waals surface area (Å²) < 4.78 is 6.30. The lowest BCUT2D eigenvalue weighted by atomic mass is 9.86. The van der Waals surface area contributed by atoms with Gasteiger partial charge in [-0.2, -0.15) is 0 Å². The second-order valence-corrected chi connectivity index (χ2v) is 9.69. The van der Waals surface area contributed by atoms with Crippen molar-refractivity contribution < 1.29 is 4.42 Å². The number of hydrogen-bond donors (Lipinski definition) is 0. The van der Waals surface area contributed by atoms with Gasteiger partial charge in [-0.1, -0.05) is 103 Å². The Balaban J connectivity index is 1.61. The van der Waals surface area contributed by atoms with Gasteiger partial charge in [0.1, 0.15) is 11.2 Å². The SMILES string of the molecule is C/C=C\C=C(/C)c1c2ccccc2c(-c2ccc3oc4ccc5ccccc5c4c3c2)c2ccccc12. The molecule has 7 aromatic rings. The normalized spacial score (nSPS) is 12.6. The van der Waals surface area contributed by atoms with E-state index in [1.165, 1.54) is 60.0 Å². The minimum Gasteiger partial charge on any atom is -0.456 e. The molecule has 176 valence electrons. The van der Waals surface area contributed by atoms with Gasteiger partial charge < -0.3 is 4.42 Å². The second kappa shape index (κ2) is 8.50. The van der Waals surface area contributed by atoms with Crippen LogP contribution in [-0.4, -0.2) is 0 Å². The van der Waals surface area contributed by atoms with Crippen LogP contribution in [0.25, 0.3) is 71.0 Å². The van der Waals surface area contributed by atoms with E-state index in [2.05, 4.69) is 135 Å². The fraction of sp³-hybridized carbons (Fsp3) is 0.0556. The smallest absolute Gasteiger partial charge is 0.136 e. The van der Waals surface area contributed by atoms with E-state index in [0.717, 1.165) is 16.6 Å². The van der Waals surface area contributed by atoms with Gasteiger partial charge in [0.25, 0.3) is 0 Å². The largest absolute Gasteiger partial charge is 0.456 e. The second-order valence-electron chi connectivity index (χ2n) is 9.69. The Morgan fingerprint density at radius 3 is 1.95 bits per heavy atom. The molecule has 0 fully saturated rings. The van der Waals surface area contributed by atoms with Crippen molar-refractivity contribution in [3.63, 3.8) is 0 Å². The summed E-state index contributed by atoms with van der Waals surface area (Å²) in [7, 11) is 0. The Hall–Kier alpha value is -4.62. The molecule has 1 heteroatoms. The van der Waals surface area contributed by atoms with Crippen molar-refractivity contribution in [3.05, 3.63) is 127 Å². The Morgan fingerprint density at radius 1 is 0.622 bits per heavy atom. The van der Waals surface area contributed by atoms with E-state index in [1.54, 1.807) is 0 Å². The molecule has 1 aromatic heterocycles. The van der Waals surface area contributed by atoms with E-state index in [4.69, 9.17) is 4.42 Å². The molecule has 0 atom stereocenters. The number of hydrogen-bond acceptors (Lipinski definition) is 1. The quantitative estimate of drug-likeness (QED) is 0.183. The number of allylic oxidation sites excluding steroid dienone is 4. The van der Waals surface area contributed by atoms with Gasteiger partial charge in [0.15, 0.2) is 0 Å². The molecular weight excluding hydrogens is 448 g/mol. The summed E-state index contributed by atoms with van der Waals surface area (Å²) in [4.78, 5) is 0. The van der Waals surface area contributed by atoms with Crippen LogP contribution in [-0.2, 0) is 0 Å². The molecule has 0 unspecified atom stereocenters. The van der Waals surface area contributed by atoms with Crippen LogP contribution >= 0.6 is 0 Å². The average Bonchev–Trinajstić information content (AvgIpc) is 3.33. The highest BCUT2D eigenvalue weighted by Gasteiger charge is 2.18. The lowest BCUT2D eigenvalue weighted by molar-refractivity contribution is 0.669. The lowest BCUT2D eigenvalue weighted by Gasteiger charge is -2.17. The minimum absolute atomic E-state index is 0.922. The first-order chi connectivity index (χ1) is 18.2. The summed E-state index contributed by atoms with van der Waals surface area (Å²) in [6, 6.07) is 37.1. The molecule has 0 aliphatic carbocycles. The molecule has 0 radical (unpaired) electrons. The molecule has 0 bridgehead atoms. The van der Waals surface area contributed by atoms with E-state index in [0.29, 0.717) is 0 Å². The first-order valence-electron chi connectivity index (χ1n) is 12.8. The first kappa shape index (κ1) is 21.6. The highest BCUT2D eigenvalue weighted by molar-refractivity contribution is 6.22. The summed E-state index contributed by atoms with van der Waals surface area (Å²) in [5, 5.41) is 9.88. The number of furan rings is 1. The molecular formula is C36H26O. The molecule has 1 nitrogen and oxygen atoms in total. The van der Waals surface area contributed by atoms with E-state index in [1.807, 2.05) is 0 Å². The van der Waals surface area contributed by atoms with Crippen LogP contribution in [0.5, 0.6) is 0 Å². The molecule has 1 heterocycles. The maximum absolute atomic E-state index is 6.30. The third-order valence-electron chi connectivity index (χ3n) is 7.51. The van der Waals surface area contributed by atoms with Crippen molar-refractivity contribution in [1.82, 2.24) is 0 Å². The fourth-order valence-corrected chi connectivity index (χ4v) is 5.89. The number of rotatable bonds is 3. The van der Waals surface area contributed by atoms with E-state index >= 15 is 0 Å². The van der Waals surface area contributed by atoms with Crippen LogP contribution in [0.2, 0.25) is 0 Å². The standard InChI is InChI=1S/C36H26O/c1-3-4-11-23(2)34-27-14-7-9-16-29(27)35(30-17-10-8-15-28(30)34)25-19-20-32-31(22-25)36-26-13-6-5-12-24(26)18-21-33(36)37-32/h3-22H,1-2H3/b4-3-,23-11+. The third-order valence-corrected chi connectivity index (χ3v) is 7.51. The van der Waals surface area contributed by atoms with Gasteiger partial charge in [0.2, 0.25) is 0 Å². The van der Waals surface area contributed by atoms with Gasteiger partial charge in [-0.3, -0.25) is 0 Å². The highest BCUT2D eigenvalue weighted by Crippen LogP contribution is 2.43. The highest BCUT2D eigenvalue weighted by atomic mass is 16.3. The summed E-state index contributed by atoms with van der Waals surface area (Å²) in [6.07, 6.45) is 6.41. The molecule has 37 heavy (non-hydrogen) atoms. The monoisotopic (exact) mass is 474 g/mol. The molecule has 6 aromatic carbocycles. The van der Waals surface area contributed by atoms with Crippen molar-refractivity contribution >= 4 is 59.8 Å². The Labute approximate surface area is 216 Å². The van der Waals surface area contributed by atoms with Crippen molar-refractivity contribution in [1.29, 1.82) is 0 Å². The van der Waals surface area contributed by atoms with Crippen LogP contribution in [0.15, 0.2) is 126 Å². The lowest BCUT2D eigenvalue weighted by Crippen LogP contribution is -1.92. The average molecular weight is 475 g/mol. The van der Waals surface area contributed by atoms with Crippen LogP contribution in [0.4, 0.5) is 0 Å². The maximum atomic E-state index is 6.30. The van der Waals surface area contributed by atoms with Crippen molar-refractivity contribution in [2.75, 3.05) is 0 Å². The summed E-state index contributed by atoms with van der Waals surface area (Å²) >= 11 is 0. The fourth-order valence-electron chi connectivity index (χ4n) is 5.89. The molecule has 0 spiro atoms. The molecule has 0 aliphatic rings. The zero-order chi connectivity index (χ0) is 24.9. The number of benzene rings is 6. The maximum Gasteiger partial charge on any atom is 0.136 e. The third kappa shape index (κ3) is 3.32.